The highest BCUT2D eigenvalue weighted by Gasteiger charge is 2.15. The fourth-order valence-corrected chi connectivity index (χ4v) is 3.60. The fraction of sp³-hybridized carbons (Fsp3) is 0.471. The lowest BCUT2D eigenvalue weighted by Crippen LogP contribution is -2.39. The lowest BCUT2D eigenvalue weighted by Gasteiger charge is -2.14. The Bertz CT molecular complexity index is 632. The van der Waals surface area contributed by atoms with Crippen LogP contribution in [0.2, 0.25) is 0 Å². The van der Waals surface area contributed by atoms with Crippen molar-refractivity contribution in [3.63, 3.8) is 0 Å². The zero-order chi connectivity index (χ0) is 15.2. The normalized spacial score (nSPS) is 18.8. The van der Waals surface area contributed by atoms with Gasteiger partial charge in [0, 0.05) is 30.3 Å². The summed E-state index contributed by atoms with van der Waals surface area (Å²) in [5, 5.41) is 10.3. The molecule has 22 heavy (non-hydrogen) atoms. The Labute approximate surface area is 135 Å². The molecule has 0 radical (unpaired) electrons. The molecule has 1 saturated heterocycles. The number of guanidine groups is 1. The van der Waals surface area contributed by atoms with Gasteiger partial charge in [0.2, 0.25) is 0 Å². The highest BCUT2D eigenvalue weighted by Crippen LogP contribution is 2.26. The number of hydrogen-bond acceptors (Lipinski definition) is 3. The summed E-state index contributed by atoms with van der Waals surface area (Å²) in [7, 11) is 0. The molecule has 4 nitrogen and oxygen atoms in total. The number of nitrogens with one attached hydrogen (secondary N) is 2. The number of rotatable bonds is 5. The second-order valence-corrected chi connectivity index (χ2v) is 6.47. The summed E-state index contributed by atoms with van der Waals surface area (Å²) in [5.41, 5.74) is 1.29. The molecule has 0 spiro atoms. The minimum atomic E-state index is 0.603. The first-order chi connectivity index (χ1) is 10.9. The van der Waals surface area contributed by atoms with Gasteiger partial charge in [-0.05, 0) is 35.7 Å². The van der Waals surface area contributed by atoms with Crippen molar-refractivity contribution < 1.29 is 4.74 Å². The van der Waals surface area contributed by atoms with Crippen molar-refractivity contribution in [3.8, 4) is 0 Å². The van der Waals surface area contributed by atoms with Crippen LogP contribution in [0.1, 0.15) is 18.9 Å². The predicted octanol–water partition coefficient (Wildman–Crippen LogP) is 2.99. The van der Waals surface area contributed by atoms with E-state index < -0.39 is 0 Å². The molecule has 1 aliphatic rings. The van der Waals surface area contributed by atoms with Crippen molar-refractivity contribution in [2.75, 3.05) is 26.3 Å². The molecule has 0 amide bonds. The highest BCUT2D eigenvalue weighted by atomic mass is 32.1. The van der Waals surface area contributed by atoms with E-state index in [1.807, 2.05) is 0 Å². The van der Waals surface area contributed by atoms with Crippen LogP contribution in [0.3, 0.4) is 0 Å². The summed E-state index contributed by atoms with van der Waals surface area (Å²) in [6.45, 7) is 6.35. The SMILES string of the molecule is CCNC(=NCc1csc2ccccc12)NCC1CCOC1. The third kappa shape index (κ3) is 3.78. The molecule has 0 aliphatic carbocycles. The Morgan fingerprint density at radius 1 is 1.36 bits per heavy atom. The van der Waals surface area contributed by atoms with E-state index >= 15 is 0 Å². The molecule has 2 aromatic rings. The summed E-state index contributed by atoms with van der Waals surface area (Å²) < 4.78 is 6.75. The largest absolute Gasteiger partial charge is 0.381 e. The Balaban J connectivity index is 1.64. The van der Waals surface area contributed by atoms with Gasteiger partial charge in [-0.1, -0.05) is 18.2 Å². The summed E-state index contributed by atoms with van der Waals surface area (Å²) in [4.78, 5) is 4.73. The highest BCUT2D eigenvalue weighted by molar-refractivity contribution is 7.17. The fourth-order valence-electron chi connectivity index (χ4n) is 2.65. The van der Waals surface area contributed by atoms with Gasteiger partial charge in [0.05, 0.1) is 13.2 Å². The van der Waals surface area contributed by atoms with Crippen LogP contribution in [0.4, 0.5) is 0 Å². The quantitative estimate of drug-likeness (QED) is 0.658. The maximum Gasteiger partial charge on any atom is 0.191 e. The van der Waals surface area contributed by atoms with Crippen molar-refractivity contribution in [3.05, 3.63) is 35.2 Å². The molecule has 5 heteroatoms. The number of aliphatic imine (C=N–C) groups is 1. The third-order valence-electron chi connectivity index (χ3n) is 3.90. The standard InChI is InChI=1S/C17H23N3OS/c1-2-18-17(19-9-13-7-8-21-11-13)20-10-14-12-22-16-6-4-3-5-15(14)16/h3-6,12-13H,2,7-11H2,1H3,(H2,18,19,20). The molecule has 118 valence electrons. The topological polar surface area (TPSA) is 45.7 Å². The van der Waals surface area contributed by atoms with E-state index in [4.69, 9.17) is 9.73 Å². The average Bonchev–Trinajstić information content (AvgIpc) is 3.20. The molecule has 0 saturated carbocycles. The molecule has 1 atom stereocenters. The molecule has 2 N–H and O–H groups in total. The maximum absolute atomic E-state index is 5.42. The van der Waals surface area contributed by atoms with E-state index in [1.165, 1.54) is 15.6 Å². The molecular formula is C17H23N3OS. The number of ether oxygens (including phenoxy) is 1. The Kier molecular flexibility index (Phi) is 5.29. The number of thiophene rings is 1. The number of hydrogen-bond donors (Lipinski definition) is 2. The van der Waals surface area contributed by atoms with Crippen molar-refractivity contribution in [2.24, 2.45) is 10.9 Å². The Morgan fingerprint density at radius 2 is 2.27 bits per heavy atom. The second kappa shape index (κ2) is 7.61. The van der Waals surface area contributed by atoms with Crippen molar-refractivity contribution in [2.45, 2.75) is 19.9 Å². The monoisotopic (exact) mass is 317 g/mol. The van der Waals surface area contributed by atoms with E-state index in [-0.39, 0.29) is 0 Å². The van der Waals surface area contributed by atoms with E-state index in [1.54, 1.807) is 11.3 Å². The van der Waals surface area contributed by atoms with Gasteiger partial charge in [-0.15, -0.1) is 11.3 Å². The lowest BCUT2D eigenvalue weighted by molar-refractivity contribution is 0.186. The van der Waals surface area contributed by atoms with E-state index in [9.17, 15) is 0 Å². The first-order valence-electron chi connectivity index (χ1n) is 7.92. The van der Waals surface area contributed by atoms with E-state index in [0.29, 0.717) is 12.5 Å². The van der Waals surface area contributed by atoms with Crippen molar-refractivity contribution in [1.29, 1.82) is 0 Å². The van der Waals surface area contributed by atoms with Gasteiger partial charge in [0.15, 0.2) is 5.96 Å². The van der Waals surface area contributed by atoms with Crippen LogP contribution in [0, 0.1) is 5.92 Å². The Hall–Kier alpha value is -1.59. The van der Waals surface area contributed by atoms with Gasteiger partial charge in [-0.2, -0.15) is 0 Å². The summed E-state index contributed by atoms with van der Waals surface area (Å²) in [6.07, 6.45) is 1.14. The Morgan fingerprint density at radius 3 is 3.09 bits per heavy atom. The van der Waals surface area contributed by atoms with Crippen LogP contribution in [0.5, 0.6) is 0 Å². The van der Waals surface area contributed by atoms with Gasteiger partial charge in [0.25, 0.3) is 0 Å². The minimum Gasteiger partial charge on any atom is -0.381 e. The van der Waals surface area contributed by atoms with Gasteiger partial charge >= 0.3 is 0 Å². The molecule has 1 unspecified atom stereocenters. The lowest BCUT2D eigenvalue weighted by atomic mass is 10.1. The molecule has 1 aromatic heterocycles. The summed E-state index contributed by atoms with van der Waals surface area (Å²) >= 11 is 1.79. The van der Waals surface area contributed by atoms with Crippen LogP contribution in [-0.2, 0) is 11.3 Å². The summed E-state index contributed by atoms with van der Waals surface area (Å²) in [5.74, 6) is 1.50. The minimum absolute atomic E-state index is 0.603. The molecular weight excluding hydrogens is 294 g/mol. The van der Waals surface area contributed by atoms with Gasteiger partial charge < -0.3 is 15.4 Å². The maximum atomic E-state index is 5.42. The second-order valence-electron chi connectivity index (χ2n) is 5.56. The van der Waals surface area contributed by atoms with Gasteiger partial charge in [-0.25, -0.2) is 4.99 Å². The van der Waals surface area contributed by atoms with Crippen LogP contribution in [-0.4, -0.2) is 32.3 Å². The van der Waals surface area contributed by atoms with Gasteiger partial charge in [-0.3, -0.25) is 0 Å². The zero-order valence-corrected chi connectivity index (χ0v) is 13.8. The molecule has 0 bridgehead atoms. The first kappa shape index (κ1) is 15.3. The molecule has 1 aromatic carbocycles. The van der Waals surface area contributed by atoms with Crippen LogP contribution < -0.4 is 10.6 Å². The van der Waals surface area contributed by atoms with Crippen molar-refractivity contribution >= 4 is 27.4 Å². The average molecular weight is 317 g/mol. The van der Waals surface area contributed by atoms with E-state index in [0.717, 1.165) is 38.7 Å². The number of fused-ring (bicyclic) bond motifs is 1. The first-order valence-corrected chi connectivity index (χ1v) is 8.80. The molecule has 1 aliphatic heterocycles. The molecule has 3 rings (SSSR count). The van der Waals surface area contributed by atoms with Gasteiger partial charge in [0.1, 0.15) is 0 Å². The van der Waals surface area contributed by atoms with Crippen molar-refractivity contribution in [1.82, 2.24) is 10.6 Å². The summed E-state index contributed by atoms with van der Waals surface area (Å²) in [6, 6.07) is 8.51. The zero-order valence-electron chi connectivity index (χ0n) is 13.0. The van der Waals surface area contributed by atoms with E-state index in [2.05, 4.69) is 47.2 Å². The van der Waals surface area contributed by atoms with Crippen LogP contribution in [0.25, 0.3) is 10.1 Å². The van der Waals surface area contributed by atoms with Crippen LogP contribution >= 0.6 is 11.3 Å². The predicted molar refractivity (Wildman–Crippen MR) is 93.6 cm³/mol. The number of benzene rings is 1. The smallest absolute Gasteiger partial charge is 0.191 e. The number of nitrogens with zero attached hydrogens (tertiary/aromatic N) is 1. The molecule has 1 fully saturated rings. The third-order valence-corrected chi connectivity index (χ3v) is 4.91. The molecule has 2 heterocycles. The van der Waals surface area contributed by atoms with Crippen LogP contribution in [0.15, 0.2) is 34.6 Å².